The minimum absolute atomic E-state index is 0.187. The van der Waals surface area contributed by atoms with Gasteiger partial charge in [-0.2, -0.15) is 0 Å². The van der Waals surface area contributed by atoms with Gasteiger partial charge in [-0.15, -0.1) is 0 Å². The molecule has 0 amide bonds. The second kappa shape index (κ2) is 11.3. The molecule has 5 heteroatoms. The van der Waals surface area contributed by atoms with Crippen molar-refractivity contribution in [3.05, 3.63) is 42.0 Å². The maximum atomic E-state index is 11.3. The lowest BCUT2D eigenvalue weighted by molar-refractivity contribution is -0.143. The molecule has 1 aliphatic carbocycles. The Labute approximate surface area is 198 Å². The Bertz CT molecular complexity index is 913. The number of rotatable bonds is 9. The van der Waals surface area contributed by atoms with Gasteiger partial charge in [-0.1, -0.05) is 25.1 Å². The molecule has 180 valence electrons. The molecule has 1 atom stereocenters. The molecule has 4 rings (SSSR count). The summed E-state index contributed by atoms with van der Waals surface area (Å²) in [4.78, 5) is 13.7. The number of piperidine rings is 1. The molecule has 1 aliphatic heterocycles. The molecule has 0 spiro atoms. The lowest BCUT2D eigenvalue weighted by Crippen LogP contribution is -2.38. The van der Waals surface area contributed by atoms with Crippen LogP contribution in [0.1, 0.15) is 70.4 Å². The Kier molecular flexibility index (Phi) is 8.26. The first-order valence-corrected chi connectivity index (χ1v) is 12.8. The van der Waals surface area contributed by atoms with Crippen LogP contribution < -0.4 is 4.74 Å². The molecule has 1 unspecified atom stereocenters. The summed E-state index contributed by atoms with van der Waals surface area (Å²) >= 11 is 0. The zero-order chi connectivity index (χ0) is 23.2. The van der Waals surface area contributed by atoms with E-state index in [1.54, 1.807) is 0 Å². The number of nitrogens with zero attached hydrogens (tertiary/aromatic N) is 1. The fourth-order valence-electron chi connectivity index (χ4n) is 5.58. The molecule has 0 bridgehead atoms. The minimum Gasteiger partial charge on any atom is -0.490 e. The van der Waals surface area contributed by atoms with Gasteiger partial charge >= 0.3 is 5.97 Å². The number of carbonyl (C=O) groups is 1. The van der Waals surface area contributed by atoms with Crippen LogP contribution >= 0.6 is 0 Å². The third-order valence-electron chi connectivity index (χ3n) is 7.58. The lowest BCUT2D eigenvalue weighted by Gasteiger charge is -2.36. The molecule has 1 heterocycles. The Morgan fingerprint density at radius 3 is 2.36 bits per heavy atom. The molecule has 33 heavy (non-hydrogen) atoms. The summed E-state index contributed by atoms with van der Waals surface area (Å²) in [7, 11) is 0. The van der Waals surface area contributed by atoms with Crippen molar-refractivity contribution in [2.75, 3.05) is 26.3 Å². The van der Waals surface area contributed by atoms with Gasteiger partial charge in [0, 0.05) is 19.3 Å². The van der Waals surface area contributed by atoms with E-state index in [9.17, 15) is 9.90 Å². The molecular weight excluding hydrogens is 414 g/mol. The van der Waals surface area contributed by atoms with Crippen LogP contribution in [-0.4, -0.2) is 48.4 Å². The maximum Gasteiger partial charge on any atom is 0.306 e. The van der Waals surface area contributed by atoms with Crippen molar-refractivity contribution in [3.63, 3.8) is 0 Å². The topological polar surface area (TPSA) is 59.0 Å². The van der Waals surface area contributed by atoms with E-state index >= 15 is 0 Å². The smallest absolute Gasteiger partial charge is 0.306 e. The number of ether oxygens (including phenoxy) is 2. The number of carboxylic acid groups (broad SMARTS) is 1. The largest absolute Gasteiger partial charge is 0.490 e. The van der Waals surface area contributed by atoms with E-state index in [0.717, 1.165) is 64.2 Å². The van der Waals surface area contributed by atoms with E-state index in [1.165, 1.54) is 29.2 Å². The standard InChI is InChI=1S/C28H39NO4/c1-3-27(29-15-13-21(14-16-29)28(30)31)24-8-7-23-18-26(12-9-22(23)17-24)33-25-10-5-20(6-11-25)19-32-4-2/h7-9,12,17-18,20-21,25,27H,3-6,10-11,13-16,19H2,1-2H3,(H,30,31). The highest BCUT2D eigenvalue weighted by Crippen LogP contribution is 2.33. The van der Waals surface area contributed by atoms with Crippen molar-refractivity contribution in [1.29, 1.82) is 0 Å². The van der Waals surface area contributed by atoms with Crippen LogP contribution in [0.5, 0.6) is 5.75 Å². The molecule has 5 nitrogen and oxygen atoms in total. The van der Waals surface area contributed by atoms with Crippen LogP contribution in [0.2, 0.25) is 0 Å². The van der Waals surface area contributed by atoms with Crippen LogP contribution in [0.3, 0.4) is 0 Å². The number of benzene rings is 2. The highest BCUT2D eigenvalue weighted by molar-refractivity contribution is 5.84. The molecule has 2 aliphatic rings. The number of fused-ring (bicyclic) bond motifs is 1. The number of aliphatic carboxylic acids is 1. The quantitative estimate of drug-likeness (QED) is 0.500. The normalized spacial score (nSPS) is 23.5. The highest BCUT2D eigenvalue weighted by Gasteiger charge is 2.28. The highest BCUT2D eigenvalue weighted by atomic mass is 16.5. The van der Waals surface area contributed by atoms with Gasteiger partial charge in [0.15, 0.2) is 0 Å². The molecular formula is C28H39NO4. The van der Waals surface area contributed by atoms with Gasteiger partial charge in [-0.3, -0.25) is 9.69 Å². The summed E-state index contributed by atoms with van der Waals surface area (Å²) in [5.74, 6) is 0.811. The van der Waals surface area contributed by atoms with Gasteiger partial charge in [-0.05, 0) is 105 Å². The van der Waals surface area contributed by atoms with Crippen LogP contribution in [0, 0.1) is 11.8 Å². The van der Waals surface area contributed by atoms with E-state index in [1.807, 2.05) is 0 Å². The zero-order valence-corrected chi connectivity index (χ0v) is 20.2. The lowest BCUT2D eigenvalue weighted by atomic mass is 9.88. The number of hydrogen-bond donors (Lipinski definition) is 1. The van der Waals surface area contributed by atoms with E-state index in [-0.39, 0.29) is 5.92 Å². The summed E-state index contributed by atoms with van der Waals surface area (Å²) in [6.07, 6.45) is 7.39. The maximum absolute atomic E-state index is 11.3. The molecule has 0 aromatic heterocycles. The van der Waals surface area contributed by atoms with Crippen LogP contribution in [0.15, 0.2) is 36.4 Å². The summed E-state index contributed by atoms with van der Waals surface area (Å²) in [6.45, 7) is 7.68. The van der Waals surface area contributed by atoms with Crippen LogP contribution in [-0.2, 0) is 9.53 Å². The fraction of sp³-hybridized carbons (Fsp3) is 0.607. The molecule has 1 saturated carbocycles. The van der Waals surface area contributed by atoms with Crippen LogP contribution in [0.25, 0.3) is 10.8 Å². The first-order chi connectivity index (χ1) is 16.1. The van der Waals surface area contributed by atoms with E-state index in [0.29, 0.717) is 18.1 Å². The van der Waals surface area contributed by atoms with Gasteiger partial charge in [0.2, 0.25) is 0 Å². The number of hydrogen-bond acceptors (Lipinski definition) is 4. The van der Waals surface area contributed by atoms with Crippen molar-refractivity contribution in [3.8, 4) is 5.75 Å². The van der Waals surface area contributed by atoms with Gasteiger partial charge in [0.05, 0.1) is 12.0 Å². The van der Waals surface area contributed by atoms with Crippen LogP contribution in [0.4, 0.5) is 0 Å². The molecule has 1 N–H and O–H groups in total. The zero-order valence-electron chi connectivity index (χ0n) is 20.2. The average molecular weight is 454 g/mol. The van der Waals surface area contributed by atoms with E-state index in [2.05, 4.69) is 55.1 Å². The van der Waals surface area contributed by atoms with Crippen molar-refractivity contribution in [1.82, 2.24) is 4.90 Å². The second-order valence-electron chi connectivity index (χ2n) is 9.76. The van der Waals surface area contributed by atoms with Gasteiger partial charge in [0.1, 0.15) is 5.75 Å². The van der Waals surface area contributed by atoms with Crippen molar-refractivity contribution >= 4 is 16.7 Å². The van der Waals surface area contributed by atoms with E-state index in [4.69, 9.17) is 9.47 Å². The first kappa shape index (κ1) is 24.0. The van der Waals surface area contributed by atoms with Crippen molar-refractivity contribution in [2.24, 2.45) is 11.8 Å². The fourth-order valence-corrected chi connectivity index (χ4v) is 5.58. The molecule has 1 saturated heterocycles. The number of carboxylic acids is 1. The Balaban J connectivity index is 1.38. The molecule has 2 aromatic rings. The Morgan fingerprint density at radius 2 is 1.70 bits per heavy atom. The average Bonchev–Trinajstić information content (AvgIpc) is 2.84. The summed E-state index contributed by atoms with van der Waals surface area (Å²) in [5, 5.41) is 11.7. The van der Waals surface area contributed by atoms with Gasteiger partial charge in [0.25, 0.3) is 0 Å². The van der Waals surface area contributed by atoms with Crippen molar-refractivity contribution < 1.29 is 19.4 Å². The predicted octanol–water partition coefficient (Wildman–Crippen LogP) is 6.06. The first-order valence-electron chi connectivity index (χ1n) is 12.8. The summed E-state index contributed by atoms with van der Waals surface area (Å²) in [5.41, 5.74) is 1.32. The number of likely N-dealkylation sites (tertiary alicyclic amines) is 1. The molecule has 2 fully saturated rings. The molecule has 2 aromatic carbocycles. The third kappa shape index (κ3) is 6.07. The monoisotopic (exact) mass is 453 g/mol. The SMILES string of the molecule is CCOCC1CCC(Oc2ccc3cc(C(CC)N4CCC(C(=O)O)CC4)ccc3c2)CC1. The van der Waals surface area contributed by atoms with Gasteiger partial charge < -0.3 is 14.6 Å². The Hall–Kier alpha value is -2.11. The van der Waals surface area contributed by atoms with E-state index < -0.39 is 5.97 Å². The third-order valence-corrected chi connectivity index (χ3v) is 7.58. The summed E-state index contributed by atoms with van der Waals surface area (Å²) in [6, 6.07) is 13.5. The second-order valence-corrected chi connectivity index (χ2v) is 9.76. The van der Waals surface area contributed by atoms with Gasteiger partial charge in [-0.25, -0.2) is 0 Å². The predicted molar refractivity (Wildman–Crippen MR) is 132 cm³/mol. The minimum atomic E-state index is -0.648. The summed E-state index contributed by atoms with van der Waals surface area (Å²) < 4.78 is 11.9. The Morgan fingerprint density at radius 1 is 1.00 bits per heavy atom. The molecule has 0 radical (unpaired) electrons. The van der Waals surface area contributed by atoms with Crippen molar-refractivity contribution in [2.45, 2.75) is 70.9 Å².